The van der Waals surface area contributed by atoms with E-state index in [1.54, 1.807) is 12.4 Å². The number of fused-ring (bicyclic) bond motifs is 1. The highest BCUT2D eigenvalue weighted by Crippen LogP contribution is 2.36. The third-order valence-corrected chi connectivity index (χ3v) is 7.36. The van der Waals surface area contributed by atoms with Gasteiger partial charge in [0.2, 0.25) is 11.8 Å². The summed E-state index contributed by atoms with van der Waals surface area (Å²) < 4.78 is 7.46. The zero-order chi connectivity index (χ0) is 23.9. The van der Waals surface area contributed by atoms with Gasteiger partial charge in [-0.15, -0.1) is 5.10 Å². The highest BCUT2D eigenvalue weighted by molar-refractivity contribution is 6.30. The fourth-order valence-corrected chi connectivity index (χ4v) is 5.46. The van der Waals surface area contributed by atoms with Gasteiger partial charge in [0.25, 0.3) is 5.89 Å². The van der Waals surface area contributed by atoms with E-state index in [1.807, 2.05) is 6.07 Å². The maximum absolute atomic E-state index is 11.6. The maximum atomic E-state index is 11.6. The van der Waals surface area contributed by atoms with Gasteiger partial charge in [-0.1, -0.05) is 31.4 Å². The smallest absolute Gasteiger partial charge is 0.384 e. The largest absolute Gasteiger partial charge is 0.434 e. The van der Waals surface area contributed by atoms with Crippen LogP contribution in [0.5, 0.6) is 0 Å². The Morgan fingerprint density at radius 3 is 2.63 bits per heavy atom. The molecule has 0 bridgehead atoms. The number of nitrogens with zero attached hydrogens (tertiary/aromatic N) is 7. The lowest BCUT2D eigenvalue weighted by atomic mass is 9.83. The SMILES string of the molecule is C[C@H]1CC[C@H](Cn2c(N3CCCC3)nc3nc(-c4n[nH]c(=O)o4)nc(-c4cncc(Cl)c4)c32)CC1. The molecule has 11 heteroatoms. The number of H-pyrrole nitrogens is 1. The van der Waals surface area contributed by atoms with Crippen molar-refractivity contribution in [1.29, 1.82) is 0 Å². The minimum atomic E-state index is -0.663. The lowest BCUT2D eigenvalue weighted by molar-refractivity contribution is 0.267. The highest BCUT2D eigenvalue weighted by atomic mass is 35.5. The van der Waals surface area contributed by atoms with Crippen molar-refractivity contribution >= 4 is 28.7 Å². The lowest BCUT2D eigenvalue weighted by Crippen LogP contribution is -2.25. The quantitative estimate of drug-likeness (QED) is 0.436. The van der Waals surface area contributed by atoms with E-state index in [9.17, 15) is 4.79 Å². The molecular formula is C24H27ClN8O2. The molecule has 6 rings (SSSR count). The number of rotatable bonds is 5. The molecule has 0 atom stereocenters. The molecule has 35 heavy (non-hydrogen) atoms. The third kappa shape index (κ3) is 4.31. The minimum absolute atomic E-state index is 0.0201. The van der Waals surface area contributed by atoms with Gasteiger partial charge < -0.3 is 13.9 Å². The number of nitrogens with one attached hydrogen (secondary N) is 1. The summed E-state index contributed by atoms with van der Waals surface area (Å²) in [4.78, 5) is 32.7. The molecule has 0 unspecified atom stereocenters. The van der Waals surface area contributed by atoms with Gasteiger partial charge in [0, 0.05) is 37.6 Å². The van der Waals surface area contributed by atoms with Crippen molar-refractivity contribution in [3.05, 3.63) is 34.0 Å². The van der Waals surface area contributed by atoms with Crippen LogP contribution in [0.2, 0.25) is 5.02 Å². The van der Waals surface area contributed by atoms with Crippen molar-refractivity contribution in [3.8, 4) is 23.0 Å². The summed E-state index contributed by atoms with van der Waals surface area (Å²) >= 11 is 6.31. The molecule has 5 heterocycles. The van der Waals surface area contributed by atoms with E-state index in [1.165, 1.54) is 25.7 Å². The van der Waals surface area contributed by atoms with Crippen LogP contribution < -0.4 is 10.7 Å². The molecule has 0 amide bonds. The number of hydrogen-bond acceptors (Lipinski definition) is 8. The van der Waals surface area contributed by atoms with Crippen LogP contribution in [0.15, 0.2) is 27.7 Å². The Balaban J connectivity index is 1.57. The first-order valence-corrected chi connectivity index (χ1v) is 12.6. The van der Waals surface area contributed by atoms with Crippen molar-refractivity contribution in [2.24, 2.45) is 11.8 Å². The summed E-state index contributed by atoms with van der Waals surface area (Å²) in [6, 6.07) is 1.83. The Bertz CT molecular complexity index is 1410. The molecule has 10 nitrogen and oxygen atoms in total. The summed E-state index contributed by atoms with van der Waals surface area (Å²) in [7, 11) is 0. The fraction of sp³-hybridized carbons (Fsp3) is 0.500. The molecule has 4 aromatic heterocycles. The second-order valence-corrected chi connectivity index (χ2v) is 10.2. The van der Waals surface area contributed by atoms with Crippen LogP contribution in [0.4, 0.5) is 5.95 Å². The topological polar surface area (TPSA) is 119 Å². The van der Waals surface area contributed by atoms with Crippen LogP contribution >= 0.6 is 11.6 Å². The number of pyridine rings is 1. The Labute approximate surface area is 206 Å². The monoisotopic (exact) mass is 494 g/mol. The molecule has 1 saturated heterocycles. The van der Waals surface area contributed by atoms with Gasteiger partial charge in [-0.25, -0.2) is 19.9 Å². The van der Waals surface area contributed by atoms with Gasteiger partial charge in [-0.2, -0.15) is 4.98 Å². The van der Waals surface area contributed by atoms with E-state index in [2.05, 4.69) is 36.6 Å². The predicted octanol–water partition coefficient (Wildman–Crippen LogP) is 4.31. The fourth-order valence-electron chi connectivity index (χ4n) is 5.29. The van der Waals surface area contributed by atoms with E-state index in [0.29, 0.717) is 22.3 Å². The zero-order valence-corrected chi connectivity index (χ0v) is 20.3. The summed E-state index contributed by atoms with van der Waals surface area (Å²) in [6.45, 7) is 5.13. The Morgan fingerprint density at radius 2 is 1.91 bits per heavy atom. The predicted molar refractivity (Wildman–Crippen MR) is 132 cm³/mol. The van der Waals surface area contributed by atoms with E-state index in [0.717, 1.165) is 55.4 Å². The van der Waals surface area contributed by atoms with Gasteiger partial charge in [-0.05, 0) is 43.6 Å². The summed E-state index contributed by atoms with van der Waals surface area (Å²) in [6.07, 6.45) is 10.5. The molecule has 1 aliphatic heterocycles. The Hall–Kier alpha value is -3.27. The van der Waals surface area contributed by atoms with Crippen molar-refractivity contribution in [1.82, 2.24) is 34.7 Å². The van der Waals surface area contributed by atoms with E-state index < -0.39 is 5.76 Å². The summed E-state index contributed by atoms with van der Waals surface area (Å²) in [5.74, 6) is 1.82. The maximum Gasteiger partial charge on any atom is 0.434 e. The number of aromatic amines is 1. The molecule has 4 aromatic rings. The molecule has 0 aromatic carbocycles. The first-order chi connectivity index (χ1) is 17.0. The number of halogens is 1. The average Bonchev–Trinajstić information content (AvgIpc) is 3.60. The van der Waals surface area contributed by atoms with Gasteiger partial charge in [0.1, 0.15) is 11.2 Å². The van der Waals surface area contributed by atoms with Crippen molar-refractivity contribution in [2.75, 3.05) is 18.0 Å². The minimum Gasteiger partial charge on any atom is -0.384 e. The number of aromatic nitrogens is 7. The van der Waals surface area contributed by atoms with Crippen LogP contribution in [0, 0.1) is 11.8 Å². The standard InChI is InChI=1S/C24H27ClN8O2/c1-14-4-6-15(7-5-14)13-33-19-18(16-10-17(25)12-26-11-16)27-21(22-30-31-24(34)35-22)28-20(19)29-23(33)32-8-2-3-9-32/h10-12,14-15H,2-9,13H2,1H3,(H,31,34)/t14-,15-. The second kappa shape index (κ2) is 9.07. The molecule has 1 N–H and O–H groups in total. The molecule has 0 radical (unpaired) electrons. The van der Waals surface area contributed by atoms with Crippen molar-refractivity contribution < 1.29 is 4.42 Å². The first kappa shape index (κ1) is 22.2. The number of anilines is 1. The van der Waals surface area contributed by atoms with Crippen molar-refractivity contribution in [3.63, 3.8) is 0 Å². The van der Waals surface area contributed by atoms with Crippen LogP contribution in [0.25, 0.3) is 34.1 Å². The third-order valence-electron chi connectivity index (χ3n) is 7.16. The second-order valence-electron chi connectivity index (χ2n) is 9.72. The summed E-state index contributed by atoms with van der Waals surface area (Å²) in [5, 5.41) is 6.73. The Morgan fingerprint density at radius 1 is 1.11 bits per heavy atom. The lowest BCUT2D eigenvalue weighted by Gasteiger charge is -2.28. The Kier molecular flexibility index (Phi) is 5.75. The number of hydrogen-bond donors (Lipinski definition) is 1. The molecule has 2 fully saturated rings. The molecule has 1 saturated carbocycles. The van der Waals surface area contributed by atoms with Gasteiger partial charge >= 0.3 is 5.76 Å². The van der Waals surface area contributed by atoms with E-state index in [4.69, 9.17) is 26.0 Å². The molecular weight excluding hydrogens is 468 g/mol. The van der Waals surface area contributed by atoms with Crippen LogP contribution in [0.1, 0.15) is 45.4 Å². The van der Waals surface area contributed by atoms with Crippen LogP contribution in [0.3, 0.4) is 0 Å². The van der Waals surface area contributed by atoms with E-state index >= 15 is 0 Å². The molecule has 1 aliphatic carbocycles. The van der Waals surface area contributed by atoms with Gasteiger partial charge in [-0.3, -0.25) is 4.98 Å². The zero-order valence-electron chi connectivity index (χ0n) is 19.6. The van der Waals surface area contributed by atoms with Gasteiger partial charge in [0.15, 0.2) is 5.65 Å². The normalized spacial score (nSPS) is 20.7. The van der Waals surface area contributed by atoms with Crippen molar-refractivity contribution in [2.45, 2.75) is 52.0 Å². The molecule has 182 valence electrons. The number of imidazole rings is 1. The highest BCUT2D eigenvalue weighted by Gasteiger charge is 2.28. The summed E-state index contributed by atoms with van der Waals surface area (Å²) in [5.41, 5.74) is 2.78. The van der Waals surface area contributed by atoms with E-state index in [-0.39, 0.29) is 11.7 Å². The molecule has 2 aliphatic rings. The van der Waals surface area contributed by atoms with Crippen LogP contribution in [-0.2, 0) is 6.54 Å². The average molecular weight is 495 g/mol. The molecule has 0 spiro atoms. The van der Waals surface area contributed by atoms with Gasteiger partial charge in [0.05, 0.1) is 5.02 Å². The van der Waals surface area contributed by atoms with Crippen LogP contribution in [-0.4, -0.2) is 47.8 Å². The first-order valence-electron chi connectivity index (χ1n) is 12.2.